The second-order valence-corrected chi connectivity index (χ2v) is 6.09. The van der Waals surface area contributed by atoms with Crippen LogP contribution in [0.1, 0.15) is 25.3 Å². The topological polar surface area (TPSA) is 41.6 Å². The minimum absolute atomic E-state index is 0.0179. The largest absolute Gasteiger partial charge is 0.491 e. The summed E-state index contributed by atoms with van der Waals surface area (Å²) in [5.41, 5.74) is 1.12. The molecule has 0 spiro atoms. The van der Waals surface area contributed by atoms with E-state index in [9.17, 15) is 4.79 Å². The molecule has 1 heterocycles. The van der Waals surface area contributed by atoms with Gasteiger partial charge in [-0.05, 0) is 51.9 Å². The third kappa shape index (κ3) is 4.74. The maximum Gasteiger partial charge on any atom is 0.224 e. The van der Waals surface area contributed by atoms with Gasteiger partial charge in [0.05, 0.1) is 12.0 Å². The summed E-state index contributed by atoms with van der Waals surface area (Å²) in [4.78, 5) is 14.5. The van der Waals surface area contributed by atoms with Gasteiger partial charge in [0.25, 0.3) is 0 Å². The van der Waals surface area contributed by atoms with Gasteiger partial charge in [0.15, 0.2) is 0 Å². The molecular formula is C17H26N2O2. The first kappa shape index (κ1) is 15.8. The van der Waals surface area contributed by atoms with Crippen LogP contribution in [0.4, 0.5) is 0 Å². The highest BCUT2D eigenvalue weighted by Crippen LogP contribution is 2.17. The number of rotatable bonds is 5. The Kier molecular flexibility index (Phi) is 5.62. The molecule has 0 aliphatic carbocycles. The molecule has 2 unspecified atom stereocenters. The number of piperidine rings is 1. The average molecular weight is 290 g/mol. The first-order chi connectivity index (χ1) is 10.1. The standard InChI is InChI=1S/C17H26N2O2/c1-13-7-4-5-9-16(13)21-12-14(2)18-17(20)15-8-6-10-19(3)11-15/h4-5,7,9,14-15H,6,8,10-12H2,1-3H3,(H,18,20). The lowest BCUT2D eigenvalue weighted by Gasteiger charge is -2.29. The molecule has 1 fully saturated rings. The Bertz CT molecular complexity index is 476. The molecular weight excluding hydrogens is 264 g/mol. The Hall–Kier alpha value is -1.55. The first-order valence-electron chi connectivity index (χ1n) is 7.73. The zero-order valence-electron chi connectivity index (χ0n) is 13.3. The highest BCUT2D eigenvalue weighted by Gasteiger charge is 2.24. The van der Waals surface area contributed by atoms with E-state index < -0.39 is 0 Å². The van der Waals surface area contributed by atoms with Crippen LogP contribution in [0.5, 0.6) is 5.75 Å². The summed E-state index contributed by atoms with van der Waals surface area (Å²) in [7, 11) is 2.07. The van der Waals surface area contributed by atoms with Gasteiger partial charge in [-0.1, -0.05) is 18.2 Å². The zero-order chi connectivity index (χ0) is 15.2. The number of nitrogens with zero attached hydrogens (tertiary/aromatic N) is 1. The maximum atomic E-state index is 12.2. The molecule has 1 aliphatic heterocycles. The lowest BCUT2D eigenvalue weighted by atomic mass is 9.97. The number of carbonyl (C=O) groups is 1. The number of hydrogen-bond donors (Lipinski definition) is 1. The van der Waals surface area contributed by atoms with Gasteiger partial charge in [-0.3, -0.25) is 4.79 Å². The van der Waals surface area contributed by atoms with Crippen LogP contribution < -0.4 is 10.1 Å². The van der Waals surface area contributed by atoms with Crippen LogP contribution in [0.25, 0.3) is 0 Å². The smallest absolute Gasteiger partial charge is 0.224 e. The molecule has 0 radical (unpaired) electrons. The van der Waals surface area contributed by atoms with E-state index in [2.05, 4.69) is 17.3 Å². The van der Waals surface area contributed by atoms with Crippen molar-refractivity contribution in [2.75, 3.05) is 26.7 Å². The van der Waals surface area contributed by atoms with Crippen molar-refractivity contribution >= 4 is 5.91 Å². The SMILES string of the molecule is Cc1ccccc1OCC(C)NC(=O)C1CCCN(C)C1. The van der Waals surface area contributed by atoms with Crippen molar-refractivity contribution in [3.05, 3.63) is 29.8 Å². The van der Waals surface area contributed by atoms with Crippen molar-refractivity contribution in [2.45, 2.75) is 32.7 Å². The van der Waals surface area contributed by atoms with Crippen molar-refractivity contribution in [2.24, 2.45) is 5.92 Å². The van der Waals surface area contributed by atoms with Crippen molar-refractivity contribution in [1.82, 2.24) is 10.2 Å². The van der Waals surface area contributed by atoms with Gasteiger partial charge in [-0.25, -0.2) is 0 Å². The van der Waals surface area contributed by atoms with E-state index >= 15 is 0 Å². The molecule has 1 N–H and O–H groups in total. The van der Waals surface area contributed by atoms with E-state index in [0.717, 1.165) is 37.2 Å². The molecule has 4 heteroatoms. The Morgan fingerprint density at radius 1 is 1.48 bits per heavy atom. The van der Waals surface area contributed by atoms with Crippen LogP contribution in [0.15, 0.2) is 24.3 Å². The van der Waals surface area contributed by atoms with E-state index in [1.54, 1.807) is 0 Å². The van der Waals surface area contributed by atoms with Crippen molar-refractivity contribution in [3.63, 3.8) is 0 Å². The van der Waals surface area contributed by atoms with Gasteiger partial charge in [-0.15, -0.1) is 0 Å². The van der Waals surface area contributed by atoms with Crippen molar-refractivity contribution in [1.29, 1.82) is 0 Å². The third-order valence-electron chi connectivity index (χ3n) is 3.97. The number of hydrogen-bond acceptors (Lipinski definition) is 3. The fraction of sp³-hybridized carbons (Fsp3) is 0.588. The van der Waals surface area contributed by atoms with Crippen LogP contribution in [-0.2, 0) is 4.79 Å². The molecule has 1 aromatic carbocycles. The fourth-order valence-corrected chi connectivity index (χ4v) is 2.72. The van der Waals surface area contributed by atoms with Gasteiger partial charge in [-0.2, -0.15) is 0 Å². The lowest BCUT2D eigenvalue weighted by molar-refractivity contribution is -0.127. The summed E-state index contributed by atoms with van der Waals surface area (Å²) in [5, 5.41) is 3.07. The molecule has 1 saturated heterocycles. The molecule has 0 saturated carbocycles. The molecule has 2 rings (SSSR count). The molecule has 116 valence electrons. The Labute approximate surface area is 127 Å². The summed E-state index contributed by atoms with van der Waals surface area (Å²) in [6.07, 6.45) is 2.09. The summed E-state index contributed by atoms with van der Waals surface area (Å²) >= 11 is 0. The molecule has 4 nitrogen and oxygen atoms in total. The summed E-state index contributed by atoms with van der Waals surface area (Å²) in [6, 6.07) is 7.96. The normalized spacial score (nSPS) is 20.8. The van der Waals surface area contributed by atoms with Crippen molar-refractivity contribution in [3.8, 4) is 5.75 Å². The summed E-state index contributed by atoms with van der Waals surface area (Å²) in [5.74, 6) is 1.16. The maximum absolute atomic E-state index is 12.2. The second-order valence-electron chi connectivity index (χ2n) is 6.09. The van der Waals surface area contributed by atoms with Gasteiger partial charge in [0.2, 0.25) is 5.91 Å². The quantitative estimate of drug-likeness (QED) is 0.904. The number of ether oxygens (including phenoxy) is 1. The molecule has 0 bridgehead atoms. The minimum atomic E-state index is 0.0179. The average Bonchev–Trinajstić information content (AvgIpc) is 2.46. The van der Waals surface area contributed by atoms with Crippen LogP contribution in [0.3, 0.4) is 0 Å². The Morgan fingerprint density at radius 2 is 2.24 bits per heavy atom. The number of benzene rings is 1. The van der Waals surface area contributed by atoms with Gasteiger partial charge in [0.1, 0.15) is 12.4 Å². The minimum Gasteiger partial charge on any atom is -0.491 e. The first-order valence-corrected chi connectivity index (χ1v) is 7.73. The summed E-state index contributed by atoms with van der Waals surface area (Å²) in [6.45, 7) is 6.46. The van der Waals surface area contributed by atoms with Crippen LogP contribution >= 0.6 is 0 Å². The Balaban J connectivity index is 1.77. The molecule has 1 aliphatic rings. The van der Waals surface area contributed by atoms with Crippen LogP contribution in [0, 0.1) is 12.8 Å². The van der Waals surface area contributed by atoms with Gasteiger partial charge < -0.3 is 15.0 Å². The highest BCUT2D eigenvalue weighted by atomic mass is 16.5. The number of likely N-dealkylation sites (tertiary alicyclic amines) is 1. The van der Waals surface area contributed by atoms with Gasteiger partial charge >= 0.3 is 0 Å². The summed E-state index contributed by atoms with van der Waals surface area (Å²) < 4.78 is 5.78. The fourth-order valence-electron chi connectivity index (χ4n) is 2.72. The molecule has 2 atom stereocenters. The van der Waals surface area contributed by atoms with Crippen molar-refractivity contribution < 1.29 is 9.53 Å². The lowest BCUT2D eigenvalue weighted by Crippen LogP contribution is -2.45. The highest BCUT2D eigenvalue weighted by molar-refractivity contribution is 5.79. The van der Waals surface area contributed by atoms with E-state index in [0.29, 0.717) is 6.61 Å². The monoisotopic (exact) mass is 290 g/mol. The molecule has 0 aromatic heterocycles. The number of para-hydroxylation sites is 1. The van der Waals surface area contributed by atoms with Gasteiger partial charge in [0, 0.05) is 6.54 Å². The van der Waals surface area contributed by atoms with Crippen LogP contribution in [-0.4, -0.2) is 43.6 Å². The number of nitrogens with one attached hydrogen (secondary N) is 1. The number of aryl methyl sites for hydroxylation is 1. The van der Waals surface area contributed by atoms with E-state index in [4.69, 9.17) is 4.74 Å². The Morgan fingerprint density at radius 3 is 2.95 bits per heavy atom. The molecule has 21 heavy (non-hydrogen) atoms. The predicted octanol–water partition coefficient (Wildman–Crippen LogP) is 2.22. The van der Waals surface area contributed by atoms with E-state index in [1.807, 2.05) is 38.1 Å². The molecule has 1 amide bonds. The predicted molar refractivity (Wildman–Crippen MR) is 84.5 cm³/mol. The van der Waals surface area contributed by atoms with E-state index in [-0.39, 0.29) is 17.9 Å². The second kappa shape index (κ2) is 7.46. The zero-order valence-corrected chi connectivity index (χ0v) is 13.3. The molecule has 1 aromatic rings. The third-order valence-corrected chi connectivity index (χ3v) is 3.97. The number of amides is 1. The van der Waals surface area contributed by atoms with Crippen LogP contribution in [0.2, 0.25) is 0 Å². The van der Waals surface area contributed by atoms with E-state index in [1.165, 1.54) is 0 Å². The number of carbonyl (C=O) groups excluding carboxylic acids is 1.